The van der Waals surface area contributed by atoms with E-state index in [4.69, 9.17) is 32.6 Å². The van der Waals surface area contributed by atoms with Gasteiger partial charge in [0.25, 0.3) is 5.91 Å². The van der Waals surface area contributed by atoms with Crippen LogP contribution in [-0.4, -0.2) is 25.5 Å². The van der Waals surface area contributed by atoms with Gasteiger partial charge in [0.2, 0.25) is 0 Å². The number of aryl methyl sites for hydroxylation is 1. The van der Waals surface area contributed by atoms with Gasteiger partial charge in [0.05, 0.1) is 30.0 Å². The third-order valence-corrected chi connectivity index (χ3v) is 7.29. The maximum absolute atomic E-state index is 12.7. The first kappa shape index (κ1) is 25.8. The third kappa shape index (κ3) is 4.64. The molecule has 0 aliphatic carbocycles. The number of carbonyl (C=O) groups excluding carboxylic acids is 1. The fourth-order valence-corrected chi connectivity index (χ4v) is 5.17. The molecule has 9 heteroatoms. The molecular weight excluding hydrogens is 547 g/mol. The first-order valence-corrected chi connectivity index (χ1v) is 13.1. The van der Waals surface area contributed by atoms with Crippen LogP contribution in [0.25, 0.3) is 22.0 Å². The van der Waals surface area contributed by atoms with Crippen molar-refractivity contribution in [2.45, 2.75) is 5.60 Å². The van der Waals surface area contributed by atoms with E-state index in [-0.39, 0.29) is 5.76 Å². The molecule has 1 atom stereocenters. The predicted molar refractivity (Wildman–Crippen MR) is 156 cm³/mol. The topological polar surface area (TPSA) is 93.2 Å². The molecule has 0 fully saturated rings. The van der Waals surface area contributed by atoms with E-state index in [1.54, 1.807) is 65.6 Å². The summed E-state index contributed by atoms with van der Waals surface area (Å²) < 4.78 is 7.01. The number of nitrogens with zero attached hydrogens (tertiary/aromatic N) is 3. The van der Waals surface area contributed by atoms with Crippen molar-refractivity contribution in [2.24, 2.45) is 7.05 Å². The molecule has 3 heterocycles. The molecule has 0 saturated carbocycles. The Balaban J connectivity index is 1.56. The summed E-state index contributed by atoms with van der Waals surface area (Å²) in [5.74, 6) is 0.0980. The fourth-order valence-electron chi connectivity index (χ4n) is 4.85. The van der Waals surface area contributed by atoms with Crippen molar-refractivity contribution in [3.8, 4) is 11.1 Å². The van der Waals surface area contributed by atoms with Gasteiger partial charge in [-0.2, -0.15) is 0 Å². The smallest absolute Gasteiger partial charge is 0.292 e. The number of aliphatic hydroxyl groups is 1. The van der Waals surface area contributed by atoms with Crippen LogP contribution in [0.1, 0.15) is 27.4 Å². The van der Waals surface area contributed by atoms with Gasteiger partial charge in [-0.15, -0.1) is 0 Å². The lowest BCUT2D eigenvalue weighted by Crippen LogP contribution is -2.31. The van der Waals surface area contributed by atoms with Crippen molar-refractivity contribution in [1.82, 2.24) is 14.5 Å². The highest BCUT2D eigenvalue weighted by atomic mass is 35.5. The molecule has 6 aromatic rings. The number of fused-ring (bicyclic) bond motifs is 1. The second kappa shape index (κ2) is 10.3. The minimum atomic E-state index is -1.55. The molecule has 7 nitrogen and oxygen atoms in total. The number of anilines is 1. The average Bonchev–Trinajstić information content (AvgIpc) is 3.65. The number of nitrogens with one attached hydrogen (secondary N) is 1. The lowest BCUT2D eigenvalue weighted by atomic mass is 9.82. The van der Waals surface area contributed by atoms with Crippen LogP contribution in [0.4, 0.5) is 5.82 Å². The molecule has 0 saturated heterocycles. The van der Waals surface area contributed by atoms with Crippen molar-refractivity contribution in [3.63, 3.8) is 0 Å². The van der Waals surface area contributed by atoms with E-state index < -0.39 is 11.5 Å². The summed E-state index contributed by atoms with van der Waals surface area (Å²) in [6.07, 6.45) is 4.72. The molecule has 3 aromatic heterocycles. The Kier molecular flexibility index (Phi) is 6.64. The third-order valence-electron chi connectivity index (χ3n) is 6.80. The molecule has 0 aliphatic rings. The van der Waals surface area contributed by atoms with Gasteiger partial charge in [0.1, 0.15) is 5.82 Å². The zero-order chi connectivity index (χ0) is 27.9. The number of hydrogen-bond donors (Lipinski definition) is 2. The minimum absolute atomic E-state index is 0.172. The maximum Gasteiger partial charge on any atom is 0.292 e. The summed E-state index contributed by atoms with van der Waals surface area (Å²) in [5, 5.41) is 17.1. The molecule has 3 aromatic carbocycles. The second-order valence-electron chi connectivity index (χ2n) is 9.34. The van der Waals surface area contributed by atoms with Crippen LogP contribution in [0, 0.1) is 0 Å². The Morgan fingerprint density at radius 2 is 1.75 bits per heavy atom. The lowest BCUT2D eigenvalue weighted by molar-refractivity contribution is 0.0996. The van der Waals surface area contributed by atoms with E-state index >= 15 is 0 Å². The number of pyridine rings is 1. The maximum atomic E-state index is 12.7. The molecule has 40 heavy (non-hydrogen) atoms. The van der Waals surface area contributed by atoms with E-state index in [1.807, 2.05) is 43.4 Å². The zero-order valence-electron chi connectivity index (χ0n) is 21.2. The summed E-state index contributed by atoms with van der Waals surface area (Å²) in [4.78, 5) is 21.7. The van der Waals surface area contributed by atoms with Crippen molar-refractivity contribution < 1.29 is 14.3 Å². The second-order valence-corrected chi connectivity index (χ2v) is 10.2. The summed E-state index contributed by atoms with van der Waals surface area (Å²) in [5.41, 5.74) is 2.45. The number of benzene rings is 3. The molecule has 0 spiro atoms. The van der Waals surface area contributed by atoms with Crippen LogP contribution in [-0.2, 0) is 12.6 Å². The Hall–Kier alpha value is -4.43. The number of hydrogen-bond acceptors (Lipinski definition) is 5. The van der Waals surface area contributed by atoms with Crippen LogP contribution >= 0.6 is 23.2 Å². The normalized spacial score (nSPS) is 12.8. The summed E-state index contributed by atoms with van der Waals surface area (Å²) >= 11 is 12.5. The Bertz CT molecular complexity index is 1850. The van der Waals surface area contributed by atoms with Crippen LogP contribution in [0.3, 0.4) is 0 Å². The monoisotopic (exact) mass is 568 g/mol. The standard InChI is InChI=1S/C31H22Cl2N4O3/c1-37-18-34-17-28(37)31(39,20-7-10-22(32)11-8-20)21-9-12-26-25(15-21)24(19-4-2-5-23(33)14-19)16-29(35-26)36-30(38)27-6-3-13-40-27/h2-18,39H,1H3,(H,35,36,38). The molecule has 0 radical (unpaired) electrons. The SMILES string of the molecule is Cn1cncc1C(O)(c1ccc(Cl)cc1)c1ccc2nc(NC(=O)c3ccco3)cc(-c3cccc(Cl)c3)c2c1. The van der Waals surface area contributed by atoms with Gasteiger partial charge in [-0.05, 0) is 76.9 Å². The van der Waals surface area contributed by atoms with E-state index in [1.165, 1.54) is 6.26 Å². The number of furan rings is 1. The molecule has 198 valence electrons. The molecule has 0 bridgehead atoms. The quantitative estimate of drug-likeness (QED) is 0.224. The van der Waals surface area contributed by atoms with Crippen molar-refractivity contribution in [2.75, 3.05) is 5.32 Å². The van der Waals surface area contributed by atoms with Crippen molar-refractivity contribution >= 4 is 45.8 Å². The molecule has 2 N–H and O–H groups in total. The first-order chi connectivity index (χ1) is 19.3. The van der Waals surface area contributed by atoms with E-state index in [0.29, 0.717) is 38.2 Å². The summed E-state index contributed by atoms with van der Waals surface area (Å²) in [6.45, 7) is 0. The lowest BCUT2D eigenvalue weighted by Gasteiger charge is -2.30. The predicted octanol–water partition coefficient (Wildman–Crippen LogP) is 7.07. The molecule has 6 rings (SSSR count). The van der Waals surface area contributed by atoms with Gasteiger partial charge >= 0.3 is 0 Å². The van der Waals surface area contributed by atoms with Crippen LogP contribution in [0.15, 0.2) is 108 Å². The van der Waals surface area contributed by atoms with Gasteiger partial charge < -0.3 is 19.4 Å². The van der Waals surface area contributed by atoms with Crippen molar-refractivity contribution in [3.05, 3.63) is 136 Å². The minimum Gasteiger partial charge on any atom is -0.459 e. The molecule has 1 unspecified atom stereocenters. The van der Waals surface area contributed by atoms with Gasteiger partial charge in [-0.25, -0.2) is 9.97 Å². The highest BCUT2D eigenvalue weighted by Gasteiger charge is 2.37. The van der Waals surface area contributed by atoms with E-state index in [9.17, 15) is 9.90 Å². The molecule has 1 amide bonds. The average molecular weight is 569 g/mol. The van der Waals surface area contributed by atoms with Crippen LogP contribution < -0.4 is 5.32 Å². The fraction of sp³-hybridized carbons (Fsp3) is 0.0645. The number of rotatable bonds is 6. The van der Waals surface area contributed by atoms with E-state index in [0.717, 1.165) is 16.5 Å². The van der Waals surface area contributed by atoms with Crippen LogP contribution in [0.5, 0.6) is 0 Å². The number of halogens is 2. The first-order valence-electron chi connectivity index (χ1n) is 12.3. The zero-order valence-corrected chi connectivity index (χ0v) is 22.7. The Morgan fingerprint density at radius 1 is 0.950 bits per heavy atom. The highest BCUT2D eigenvalue weighted by molar-refractivity contribution is 6.31. The largest absolute Gasteiger partial charge is 0.459 e. The number of amides is 1. The van der Waals surface area contributed by atoms with Gasteiger partial charge in [-0.1, -0.05) is 53.5 Å². The van der Waals surface area contributed by atoms with Gasteiger partial charge in [0.15, 0.2) is 11.4 Å². The molecular formula is C31H22Cl2N4O3. The summed E-state index contributed by atoms with van der Waals surface area (Å²) in [7, 11) is 1.83. The van der Waals surface area contributed by atoms with Gasteiger partial charge in [-0.3, -0.25) is 4.79 Å². The highest BCUT2D eigenvalue weighted by Crippen LogP contribution is 2.40. The van der Waals surface area contributed by atoms with Gasteiger partial charge in [0, 0.05) is 22.5 Å². The van der Waals surface area contributed by atoms with Crippen LogP contribution in [0.2, 0.25) is 10.0 Å². The number of aromatic nitrogens is 3. The Morgan fingerprint density at radius 3 is 2.45 bits per heavy atom. The summed E-state index contributed by atoms with van der Waals surface area (Å²) in [6, 6.07) is 25.0. The van der Waals surface area contributed by atoms with Crippen molar-refractivity contribution in [1.29, 1.82) is 0 Å². The van der Waals surface area contributed by atoms with E-state index in [2.05, 4.69) is 10.3 Å². The number of carbonyl (C=O) groups is 1. The Labute approximate surface area is 239 Å². The molecule has 0 aliphatic heterocycles. The number of imidazole rings is 1.